The minimum absolute atomic E-state index is 0.0749. The van der Waals surface area contributed by atoms with Crippen molar-refractivity contribution in [1.82, 2.24) is 4.98 Å². The van der Waals surface area contributed by atoms with Crippen LogP contribution in [0, 0.1) is 13.8 Å². The summed E-state index contributed by atoms with van der Waals surface area (Å²) in [6.45, 7) is 5.57. The molecule has 2 aromatic rings. The summed E-state index contributed by atoms with van der Waals surface area (Å²) in [5.74, 6) is 0. The van der Waals surface area contributed by atoms with Crippen LogP contribution in [0.5, 0.6) is 0 Å². The molecule has 1 heterocycles. The van der Waals surface area contributed by atoms with Gasteiger partial charge in [-0.05, 0) is 38.5 Å². The summed E-state index contributed by atoms with van der Waals surface area (Å²) in [5.41, 5.74) is 1.97. The zero-order valence-electron chi connectivity index (χ0n) is 11.5. The lowest BCUT2D eigenvalue weighted by molar-refractivity contribution is 0.593. The maximum atomic E-state index is 12.7. The molecule has 0 aliphatic rings. The smallest absolute Gasteiger partial charge is 0.306 e. The highest BCUT2D eigenvalue weighted by Crippen LogP contribution is 2.26. The third-order valence-corrected chi connectivity index (χ3v) is 6.37. The molecule has 1 aromatic carbocycles. The minimum atomic E-state index is -3.71. The van der Waals surface area contributed by atoms with E-state index in [1.54, 1.807) is 19.9 Å². The van der Waals surface area contributed by atoms with Crippen LogP contribution in [0.4, 0.5) is 5.69 Å². The molecule has 0 bridgehead atoms. The number of thiazole rings is 1. The zero-order valence-corrected chi connectivity index (χ0v) is 13.1. The number of aromatic amines is 1. The maximum Gasteiger partial charge on any atom is 0.306 e. The second-order valence-electron chi connectivity index (χ2n) is 4.44. The molecule has 0 spiro atoms. The molecule has 7 heteroatoms. The van der Waals surface area contributed by atoms with Crippen molar-refractivity contribution in [3.63, 3.8) is 0 Å². The number of hydrogen-bond donors (Lipinski definition) is 1. The molecule has 0 amide bonds. The van der Waals surface area contributed by atoms with Crippen molar-refractivity contribution in [2.45, 2.75) is 25.0 Å². The number of H-pyrrole nitrogens is 1. The number of aryl methyl sites for hydroxylation is 2. The first-order valence-corrected chi connectivity index (χ1v) is 8.41. The first kappa shape index (κ1) is 14.8. The first-order chi connectivity index (χ1) is 9.36. The summed E-state index contributed by atoms with van der Waals surface area (Å²) >= 11 is 0.723. The van der Waals surface area contributed by atoms with Gasteiger partial charge < -0.3 is 4.98 Å². The lowest BCUT2D eigenvalue weighted by Gasteiger charge is -2.22. The number of rotatable bonds is 4. The van der Waals surface area contributed by atoms with Gasteiger partial charge in [0.1, 0.15) is 0 Å². The summed E-state index contributed by atoms with van der Waals surface area (Å²) < 4.78 is 26.8. The maximum absolute atomic E-state index is 12.7. The molecule has 0 saturated carbocycles. The van der Waals surface area contributed by atoms with Crippen molar-refractivity contribution in [2.24, 2.45) is 0 Å². The second-order valence-corrected chi connectivity index (χ2v) is 7.48. The van der Waals surface area contributed by atoms with Gasteiger partial charge in [-0.2, -0.15) is 0 Å². The molecule has 0 aliphatic carbocycles. The number of nitrogens with one attached hydrogen (secondary N) is 1. The third-order valence-electron chi connectivity index (χ3n) is 2.88. The Bertz CT molecular complexity index is 775. The number of nitrogens with zero attached hydrogens (tertiary/aromatic N) is 1. The van der Waals surface area contributed by atoms with Crippen molar-refractivity contribution in [3.8, 4) is 0 Å². The predicted octanol–water partition coefficient (Wildman–Crippen LogP) is 2.27. The molecule has 5 nitrogen and oxygen atoms in total. The van der Waals surface area contributed by atoms with Crippen LogP contribution in [0.15, 0.2) is 33.3 Å². The number of hydrogen-bond acceptors (Lipinski definition) is 4. The van der Waals surface area contributed by atoms with Crippen LogP contribution >= 0.6 is 11.3 Å². The Hall–Kier alpha value is -1.60. The van der Waals surface area contributed by atoms with E-state index in [1.807, 2.05) is 25.1 Å². The van der Waals surface area contributed by atoms with E-state index >= 15 is 0 Å². The summed E-state index contributed by atoms with van der Waals surface area (Å²) in [6, 6.07) is 7.28. The van der Waals surface area contributed by atoms with E-state index in [2.05, 4.69) is 4.98 Å². The van der Waals surface area contributed by atoms with E-state index < -0.39 is 10.0 Å². The fourth-order valence-electron chi connectivity index (χ4n) is 2.01. The summed E-state index contributed by atoms with van der Waals surface area (Å²) in [7, 11) is -3.71. The van der Waals surface area contributed by atoms with Crippen molar-refractivity contribution >= 4 is 27.0 Å². The third kappa shape index (κ3) is 2.64. The predicted molar refractivity (Wildman–Crippen MR) is 81.1 cm³/mol. The van der Waals surface area contributed by atoms with Gasteiger partial charge in [-0.25, -0.2) is 8.42 Å². The highest BCUT2D eigenvalue weighted by atomic mass is 32.2. The minimum Gasteiger partial charge on any atom is -0.315 e. The van der Waals surface area contributed by atoms with E-state index in [4.69, 9.17) is 0 Å². The van der Waals surface area contributed by atoms with Crippen molar-refractivity contribution in [1.29, 1.82) is 0 Å². The normalized spacial score (nSPS) is 11.6. The molecule has 1 aromatic heterocycles. The fraction of sp³-hybridized carbons (Fsp3) is 0.308. The van der Waals surface area contributed by atoms with Gasteiger partial charge in [0, 0.05) is 12.2 Å². The monoisotopic (exact) mass is 312 g/mol. The molecule has 1 N–H and O–H groups in total. The molecule has 2 rings (SSSR count). The van der Waals surface area contributed by atoms with Crippen LogP contribution in [-0.4, -0.2) is 19.9 Å². The molecular weight excluding hydrogens is 296 g/mol. The average molecular weight is 312 g/mol. The molecule has 20 heavy (non-hydrogen) atoms. The summed E-state index contributed by atoms with van der Waals surface area (Å²) in [6.07, 6.45) is 0. The van der Waals surface area contributed by atoms with Gasteiger partial charge in [-0.1, -0.05) is 23.5 Å². The lowest BCUT2D eigenvalue weighted by Crippen LogP contribution is -2.30. The Morgan fingerprint density at radius 1 is 1.30 bits per heavy atom. The largest absolute Gasteiger partial charge is 0.315 e. The highest BCUT2D eigenvalue weighted by Gasteiger charge is 2.27. The standard InChI is InChI=1S/C13H16N2O3S2/c1-4-15(11-7-5-6-9(2)8-11)20(17,18)12-10(3)14-13(16)19-12/h5-8H,4H2,1-3H3,(H,14,16). The van der Waals surface area contributed by atoms with E-state index in [0.29, 0.717) is 17.9 Å². The molecular formula is C13H16N2O3S2. The van der Waals surface area contributed by atoms with Gasteiger partial charge in [0.15, 0.2) is 4.21 Å². The van der Waals surface area contributed by atoms with E-state index in [0.717, 1.165) is 16.9 Å². The first-order valence-electron chi connectivity index (χ1n) is 6.15. The molecule has 0 unspecified atom stereocenters. The van der Waals surface area contributed by atoms with E-state index in [9.17, 15) is 13.2 Å². The summed E-state index contributed by atoms with van der Waals surface area (Å²) in [4.78, 5) is 13.5. The highest BCUT2D eigenvalue weighted by molar-refractivity contribution is 7.94. The van der Waals surface area contributed by atoms with Crippen LogP contribution in [0.3, 0.4) is 0 Å². The molecule has 0 saturated heterocycles. The fourth-order valence-corrected chi connectivity index (χ4v) is 4.87. The lowest BCUT2D eigenvalue weighted by atomic mass is 10.2. The Labute approximate surface area is 121 Å². The van der Waals surface area contributed by atoms with E-state index in [1.165, 1.54) is 4.31 Å². The van der Waals surface area contributed by atoms with Crippen molar-refractivity contribution in [3.05, 3.63) is 45.2 Å². The quantitative estimate of drug-likeness (QED) is 0.941. The molecule has 108 valence electrons. The van der Waals surface area contributed by atoms with E-state index in [-0.39, 0.29) is 9.08 Å². The topological polar surface area (TPSA) is 70.2 Å². The van der Waals surface area contributed by atoms with Crippen molar-refractivity contribution < 1.29 is 8.42 Å². The Kier molecular flexibility index (Phi) is 4.01. The van der Waals surface area contributed by atoms with Gasteiger partial charge in [-0.3, -0.25) is 9.10 Å². The molecule has 0 fully saturated rings. The van der Waals surface area contributed by atoms with Crippen LogP contribution in [-0.2, 0) is 10.0 Å². The second kappa shape index (κ2) is 5.41. The SMILES string of the molecule is CCN(c1cccc(C)c1)S(=O)(=O)c1sc(=O)[nH]c1C. The molecule has 0 atom stereocenters. The van der Waals surface area contributed by atoms with Gasteiger partial charge in [0.05, 0.1) is 5.69 Å². The number of benzene rings is 1. The number of sulfonamides is 1. The van der Waals surface area contributed by atoms with Crippen molar-refractivity contribution in [2.75, 3.05) is 10.8 Å². The van der Waals surface area contributed by atoms with Crippen LogP contribution < -0.4 is 9.18 Å². The van der Waals surface area contributed by atoms with Gasteiger partial charge in [0.25, 0.3) is 10.0 Å². The van der Waals surface area contributed by atoms with Gasteiger partial charge >= 0.3 is 4.87 Å². The zero-order chi connectivity index (χ0) is 14.9. The average Bonchev–Trinajstić information content (AvgIpc) is 2.70. The van der Waals surface area contributed by atoms with Gasteiger partial charge in [-0.15, -0.1) is 0 Å². The van der Waals surface area contributed by atoms with Crippen LogP contribution in [0.2, 0.25) is 0 Å². The van der Waals surface area contributed by atoms with Gasteiger partial charge in [0.2, 0.25) is 0 Å². The van der Waals surface area contributed by atoms with Crippen LogP contribution in [0.1, 0.15) is 18.2 Å². The Morgan fingerprint density at radius 2 is 2.00 bits per heavy atom. The summed E-state index contributed by atoms with van der Waals surface area (Å²) in [5, 5.41) is 0. The Morgan fingerprint density at radius 3 is 2.50 bits per heavy atom. The number of anilines is 1. The number of aromatic nitrogens is 1. The Balaban J connectivity index is 2.56. The molecule has 0 radical (unpaired) electrons. The van der Waals surface area contributed by atoms with Crippen LogP contribution in [0.25, 0.3) is 0 Å². The molecule has 0 aliphatic heterocycles.